The minimum absolute atomic E-state index is 0.00176. The topological polar surface area (TPSA) is 114 Å². The maximum atomic E-state index is 12.5. The van der Waals surface area contributed by atoms with E-state index in [2.05, 4.69) is 15.5 Å². The van der Waals surface area contributed by atoms with Crippen molar-refractivity contribution < 1.29 is 19.1 Å². The number of carbonyl (C=O) groups is 3. The van der Waals surface area contributed by atoms with Crippen molar-refractivity contribution >= 4 is 17.7 Å². The van der Waals surface area contributed by atoms with E-state index < -0.39 is 5.91 Å². The lowest BCUT2D eigenvalue weighted by Crippen LogP contribution is -2.37. The van der Waals surface area contributed by atoms with E-state index in [4.69, 9.17) is 10.5 Å². The average Bonchev–Trinajstić information content (AvgIpc) is 2.80. The van der Waals surface area contributed by atoms with Crippen LogP contribution in [0.25, 0.3) is 0 Å². The Labute approximate surface area is 194 Å². The molecule has 8 nitrogen and oxygen atoms in total. The second-order valence-electron chi connectivity index (χ2n) is 8.18. The molecule has 33 heavy (non-hydrogen) atoms. The van der Waals surface area contributed by atoms with E-state index in [-0.39, 0.29) is 31.3 Å². The molecule has 1 heterocycles. The Hall–Kier alpha value is -3.39. The van der Waals surface area contributed by atoms with Crippen LogP contribution in [0.1, 0.15) is 47.2 Å². The quantitative estimate of drug-likeness (QED) is 0.620. The van der Waals surface area contributed by atoms with Crippen molar-refractivity contribution in [1.82, 2.24) is 15.5 Å². The Kier molecular flexibility index (Phi) is 9.26. The van der Waals surface area contributed by atoms with Gasteiger partial charge in [-0.15, -0.1) is 0 Å². The molecule has 2 aromatic carbocycles. The van der Waals surface area contributed by atoms with Crippen molar-refractivity contribution in [2.24, 2.45) is 5.73 Å². The van der Waals surface area contributed by atoms with Gasteiger partial charge in [-0.2, -0.15) is 0 Å². The predicted octanol–water partition coefficient (Wildman–Crippen LogP) is 1.97. The van der Waals surface area contributed by atoms with Gasteiger partial charge in [0.1, 0.15) is 5.75 Å². The van der Waals surface area contributed by atoms with Gasteiger partial charge in [0.2, 0.25) is 11.8 Å². The van der Waals surface area contributed by atoms with Gasteiger partial charge in [-0.1, -0.05) is 36.4 Å². The average molecular weight is 453 g/mol. The van der Waals surface area contributed by atoms with E-state index in [1.165, 1.54) is 0 Å². The highest BCUT2D eigenvalue weighted by atomic mass is 16.5. The first kappa shape index (κ1) is 24.3. The van der Waals surface area contributed by atoms with Crippen molar-refractivity contribution in [3.63, 3.8) is 0 Å². The molecule has 0 aliphatic carbocycles. The molecule has 8 heteroatoms. The zero-order valence-corrected chi connectivity index (χ0v) is 18.8. The molecule has 0 aromatic heterocycles. The third kappa shape index (κ3) is 8.23. The number of benzene rings is 2. The summed E-state index contributed by atoms with van der Waals surface area (Å²) in [6.07, 6.45) is 2.78. The van der Waals surface area contributed by atoms with Crippen LogP contribution in [-0.2, 0) is 22.7 Å². The molecule has 0 saturated carbocycles. The van der Waals surface area contributed by atoms with E-state index in [1.54, 1.807) is 12.1 Å². The number of amides is 3. The Bertz CT molecular complexity index is 949. The molecule has 1 aliphatic heterocycles. The molecule has 0 atom stereocenters. The summed E-state index contributed by atoms with van der Waals surface area (Å²) in [5, 5.41) is 5.71. The predicted molar refractivity (Wildman–Crippen MR) is 125 cm³/mol. The van der Waals surface area contributed by atoms with Crippen molar-refractivity contribution in [1.29, 1.82) is 0 Å². The second-order valence-corrected chi connectivity index (χ2v) is 8.18. The van der Waals surface area contributed by atoms with Crippen molar-refractivity contribution in [2.45, 2.75) is 38.8 Å². The summed E-state index contributed by atoms with van der Waals surface area (Å²) in [7, 11) is 0. The van der Waals surface area contributed by atoms with Crippen molar-refractivity contribution in [2.75, 3.05) is 26.2 Å². The number of hydrogen-bond acceptors (Lipinski definition) is 5. The monoisotopic (exact) mass is 452 g/mol. The molecule has 0 unspecified atom stereocenters. The molecule has 0 spiro atoms. The fourth-order valence-corrected chi connectivity index (χ4v) is 3.69. The maximum absolute atomic E-state index is 12.5. The molecule has 3 rings (SSSR count). The van der Waals surface area contributed by atoms with Gasteiger partial charge in [-0.3, -0.25) is 19.3 Å². The fourth-order valence-electron chi connectivity index (χ4n) is 3.69. The lowest BCUT2D eigenvalue weighted by atomic mass is 10.1. The van der Waals surface area contributed by atoms with E-state index in [1.807, 2.05) is 36.4 Å². The minimum Gasteiger partial charge on any atom is -0.493 e. The van der Waals surface area contributed by atoms with Crippen LogP contribution in [0.3, 0.4) is 0 Å². The SMILES string of the molecule is NC(=O)CCNC(=O)c1ccc2c(c1)OCCCCCNC(=O)CN(Cc1ccccc1)C2. The number of nitrogens with one attached hydrogen (secondary N) is 2. The van der Waals surface area contributed by atoms with E-state index in [0.717, 1.165) is 30.4 Å². The van der Waals surface area contributed by atoms with Gasteiger partial charge < -0.3 is 21.1 Å². The van der Waals surface area contributed by atoms with Gasteiger partial charge >= 0.3 is 0 Å². The van der Waals surface area contributed by atoms with Crippen LogP contribution in [0, 0.1) is 0 Å². The first-order valence-electron chi connectivity index (χ1n) is 11.4. The molecule has 3 amide bonds. The number of hydrogen-bond donors (Lipinski definition) is 3. The van der Waals surface area contributed by atoms with Crippen LogP contribution in [0.4, 0.5) is 0 Å². The Morgan fingerprint density at radius 3 is 2.67 bits per heavy atom. The summed E-state index contributed by atoms with van der Waals surface area (Å²) in [5.74, 6) is -0.117. The zero-order chi connectivity index (χ0) is 23.5. The number of primary amides is 1. The summed E-state index contributed by atoms with van der Waals surface area (Å²) in [5.41, 5.74) is 7.61. The lowest BCUT2D eigenvalue weighted by Gasteiger charge is -2.23. The Balaban J connectivity index is 1.81. The number of nitrogens with zero attached hydrogens (tertiary/aromatic N) is 1. The highest BCUT2D eigenvalue weighted by Gasteiger charge is 2.17. The highest BCUT2D eigenvalue weighted by Crippen LogP contribution is 2.24. The number of rotatable bonds is 6. The molecule has 0 bridgehead atoms. The third-order valence-corrected chi connectivity index (χ3v) is 5.40. The van der Waals surface area contributed by atoms with Gasteiger partial charge in [0.25, 0.3) is 5.91 Å². The maximum Gasteiger partial charge on any atom is 0.251 e. The van der Waals surface area contributed by atoms with Gasteiger partial charge in [0.15, 0.2) is 0 Å². The fraction of sp³-hybridized carbons (Fsp3) is 0.400. The normalized spacial score (nSPS) is 15.6. The van der Waals surface area contributed by atoms with Gasteiger partial charge in [-0.25, -0.2) is 0 Å². The molecule has 0 radical (unpaired) electrons. The minimum atomic E-state index is -0.463. The Morgan fingerprint density at radius 1 is 1.06 bits per heavy atom. The summed E-state index contributed by atoms with van der Waals surface area (Å²) < 4.78 is 6.07. The lowest BCUT2D eigenvalue weighted by molar-refractivity contribution is -0.122. The molecular weight excluding hydrogens is 420 g/mol. The third-order valence-electron chi connectivity index (χ3n) is 5.40. The number of fused-ring (bicyclic) bond motifs is 1. The van der Waals surface area contributed by atoms with Gasteiger partial charge in [0.05, 0.1) is 13.2 Å². The molecule has 176 valence electrons. The van der Waals surface area contributed by atoms with E-state index in [9.17, 15) is 14.4 Å². The van der Waals surface area contributed by atoms with Crippen molar-refractivity contribution in [3.05, 3.63) is 65.2 Å². The summed E-state index contributed by atoms with van der Waals surface area (Å²) in [6, 6.07) is 15.3. The van der Waals surface area contributed by atoms with E-state index in [0.29, 0.717) is 37.6 Å². The molecular formula is C25H32N4O4. The smallest absolute Gasteiger partial charge is 0.251 e. The number of carbonyl (C=O) groups excluding carboxylic acids is 3. The largest absolute Gasteiger partial charge is 0.493 e. The van der Waals surface area contributed by atoms with Crippen molar-refractivity contribution in [3.8, 4) is 5.75 Å². The molecule has 2 aromatic rings. The molecule has 0 fully saturated rings. The van der Waals surface area contributed by atoms with Gasteiger partial charge in [0, 0.05) is 43.7 Å². The first-order valence-corrected chi connectivity index (χ1v) is 11.4. The van der Waals surface area contributed by atoms with Crippen LogP contribution >= 0.6 is 0 Å². The zero-order valence-electron chi connectivity index (χ0n) is 18.8. The van der Waals surface area contributed by atoms with Crippen LogP contribution in [0.15, 0.2) is 48.5 Å². The highest BCUT2D eigenvalue weighted by molar-refractivity contribution is 5.95. The van der Waals surface area contributed by atoms with Crippen LogP contribution in [-0.4, -0.2) is 48.9 Å². The first-order chi connectivity index (χ1) is 16.0. The van der Waals surface area contributed by atoms with E-state index >= 15 is 0 Å². The van der Waals surface area contributed by atoms with Crippen LogP contribution < -0.4 is 21.1 Å². The summed E-state index contributed by atoms with van der Waals surface area (Å²) >= 11 is 0. The molecule has 0 saturated heterocycles. The number of ether oxygens (including phenoxy) is 1. The van der Waals surface area contributed by atoms with Crippen LogP contribution in [0.2, 0.25) is 0 Å². The van der Waals surface area contributed by atoms with Crippen LogP contribution in [0.5, 0.6) is 5.75 Å². The molecule has 1 aliphatic rings. The van der Waals surface area contributed by atoms with Gasteiger partial charge in [-0.05, 0) is 37.0 Å². The standard InChI is InChI=1S/C25H32N4O4/c26-23(30)11-13-28-25(32)20-9-10-21-17-29(16-19-7-3-1-4-8-19)18-24(31)27-12-5-2-6-14-33-22(21)15-20/h1,3-4,7-10,15H,2,5-6,11-14,16-18H2,(H2,26,30)(H,27,31)(H,28,32). The second kappa shape index (κ2) is 12.6. The molecule has 4 N–H and O–H groups in total. The number of nitrogens with two attached hydrogens (primary N) is 1. The summed E-state index contributed by atoms with van der Waals surface area (Å²) in [6.45, 7) is 2.76. The summed E-state index contributed by atoms with van der Waals surface area (Å²) in [4.78, 5) is 38.0. The Morgan fingerprint density at radius 2 is 1.88 bits per heavy atom.